The predicted octanol–water partition coefficient (Wildman–Crippen LogP) is 22.5. The van der Waals surface area contributed by atoms with Crippen molar-refractivity contribution < 1.29 is 18.1 Å². The average molecular weight is 1310 g/mol. The lowest BCUT2D eigenvalue weighted by Gasteiger charge is -2.32. The van der Waals surface area contributed by atoms with Crippen LogP contribution in [0.2, 0.25) is 5.28 Å². The summed E-state index contributed by atoms with van der Waals surface area (Å²) in [5.74, 6) is 3.07. The summed E-state index contributed by atoms with van der Waals surface area (Å²) in [6.45, 7) is 8.30. The standard InChI is InChI=1S/C41H25N3O.C24H23BO3.C23H14ClN3/c1-3-10-30-24-32(22-16-26(30)8-1)40-42-39(43-41(44-40)33-23-17-27-9-2-4-11-31(27)25-33)29-20-18-28(19-21-29)34-13-7-15-37-38(34)35-12-5-6-14-36(35)45-37;1-23(2)24(3,4)28-25(27-23)17-14-12-16(13-15-17)18-9-7-11-21-22(18)19-8-5-6-10-20(19)26-21;24-23-26-21(19-11-9-15-5-1-3-7-17(15)13-19)25-22(27-23)20-12-10-16-6-2-4-8-18(16)14-20/h1-25H;5-15H,1-4H3;1-14H. The van der Waals surface area contributed by atoms with Crippen LogP contribution in [0.25, 0.3) is 166 Å². The minimum absolute atomic E-state index is 0.191. The molecule has 4 aromatic heterocycles. The lowest BCUT2D eigenvalue weighted by Crippen LogP contribution is -2.41. The van der Waals surface area contributed by atoms with Crippen LogP contribution in [0.4, 0.5) is 0 Å². The number of fused-ring (bicyclic) bond motifs is 10. The summed E-state index contributed by atoms with van der Waals surface area (Å²) in [6, 6.07) is 104. The third kappa shape index (κ3) is 11.9. The van der Waals surface area contributed by atoms with Gasteiger partial charge in [-0.1, -0.05) is 255 Å². The van der Waals surface area contributed by atoms with Crippen LogP contribution in [0, 0.1) is 0 Å². The maximum atomic E-state index is 6.22. The zero-order valence-corrected chi connectivity index (χ0v) is 55.9. The van der Waals surface area contributed by atoms with Crippen molar-refractivity contribution in [2.75, 3.05) is 0 Å². The molecule has 1 aliphatic rings. The summed E-state index contributed by atoms with van der Waals surface area (Å²) in [5.41, 5.74) is 13.2. The molecular weight excluding hydrogens is 1250 g/mol. The second-order valence-corrected chi connectivity index (χ2v) is 26.5. The van der Waals surface area contributed by atoms with Crippen molar-refractivity contribution in [2.45, 2.75) is 38.9 Å². The van der Waals surface area contributed by atoms with Crippen molar-refractivity contribution in [3.8, 4) is 79.2 Å². The first-order chi connectivity index (χ1) is 48.9. The van der Waals surface area contributed by atoms with Crippen LogP contribution < -0.4 is 5.46 Å². The smallest absolute Gasteiger partial charge is 0.456 e. The van der Waals surface area contributed by atoms with Crippen molar-refractivity contribution in [3.05, 3.63) is 309 Å². The Kier molecular flexibility index (Phi) is 15.7. The number of furan rings is 2. The van der Waals surface area contributed by atoms with Gasteiger partial charge in [0.2, 0.25) is 5.28 Å². The topological polar surface area (TPSA) is 122 Å². The highest BCUT2D eigenvalue weighted by molar-refractivity contribution is 6.62. The van der Waals surface area contributed by atoms with Gasteiger partial charge >= 0.3 is 7.12 Å². The molecule has 0 spiro atoms. The molecule has 10 nitrogen and oxygen atoms in total. The number of hydrogen-bond donors (Lipinski definition) is 0. The number of nitrogens with zero attached hydrogens (tertiary/aromatic N) is 6. The van der Waals surface area contributed by atoms with Crippen LogP contribution in [0.3, 0.4) is 0 Å². The molecule has 1 aliphatic heterocycles. The lowest BCUT2D eigenvalue weighted by molar-refractivity contribution is 0.00578. The minimum atomic E-state index is -0.343. The van der Waals surface area contributed by atoms with Gasteiger partial charge in [0.1, 0.15) is 22.3 Å². The summed E-state index contributed by atoms with van der Waals surface area (Å²) >= 11 is 6.22. The van der Waals surface area contributed by atoms with E-state index in [2.05, 4.69) is 261 Å². The minimum Gasteiger partial charge on any atom is -0.456 e. The molecule has 12 heteroatoms. The summed E-state index contributed by atoms with van der Waals surface area (Å²) < 4.78 is 24.5. The molecule has 478 valence electrons. The van der Waals surface area contributed by atoms with Gasteiger partial charge in [-0.2, -0.15) is 9.97 Å². The van der Waals surface area contributed by atoms with Crippen molar-refractivity contribution in [3.63, 3.8) is 0 Å². The summed E-state index contributed by atoms with van der Waals surface area (Å²) in [7, 11) is -0.343. The van der Waals surface area contributed by atoms with E-state index < -0.39 is 0 Å². The molecule has 0 atom stereocenters. The highest BCUT2D eigenvalue weighted by Crippen LogP contribution is 2.41. The normalized spacial score (nSPS) is 13.3. The summed E-state index contributed by atoms with van der Waals surface area (Å²) in [4.78, 5) is 28.4. The fraction of sp³-hybridized carbons (Fsp3) is 0.0682. The Labute approximate surface area is 582 Å². The number of para-hydroxylation sites is 2. The fourth-order valence-electron chi connectivity index (χ4n) is 13.3. The van der Waals surface area contributed by atoms with Gasteiger partial charge in [0.15, 0.2) is 29.1 Å². The van der Waals surface area contributed by atoms with Crippen molar-refractivity contribution in [1.29, 1.82) is 0 Å². The third-order valence-corrected chi connectivity index (χ3v) is 19.4. The molecule has 18 aromatic rings. The second kappa shape index (κ2) is 25.5. The van der Waals surface area contributed by atoms with Gasteiger partial charge in [0.05, 0.1) is 11.2 Å². The number of rotatable bonds is 8. The van der Waals surface area contributed by atoms with Crippen LogP contribution >= 0.6 is 11.6 Å². The average Bonchev–Trinajstić information content (AvgIpc) is 1.60. The first kappa shape index (κ1) is 61.6. The SMILES string of the molecule is CC1(C)OB(c2ccc(-c3cccc4oc5ccccc5c34)cc2)OC1(C)C.Clc1nc(-c2ccc3ccccc3c2)nc(-c2ccc3ccccc3c2)n1.c1ccc2cc(-c3nc(-c4ccc(-c5cccc6oc7ccccc7c56)cc4)nc(-c4ccc5ccccc5c4)n3)ccc2c1. The highest BCUT2D eigenvalue weighted by Gasteiger charge is 2.51. The van der Waals surface area contributed by atoms with Crippen molar-refractivity contribution in [1.82, 2.24) is 29.9 Å². The summed E-state index contributed by atoms with van der Waals surface area (Å²) in [6.07, 6.45) is 0. The van der Waals surface area contributed by atoms with E-state index in [4.69, 9.17) is 44.7 Å². The van der Waals surface area contributed by atoms with Crippen LogP contribution in [0.15, 0.2) is 312 Å². The molecule has 1 fully saturated rings. The first-order valence-electron chi connectivity index (χ1n) is 33.4. The zero-order chi connectivity index (χ0) is 67.5. The first-order valence-corrected chi connectivity index (χ1v) is 33.8. The number of benzene rings is 14. The number of aromatic nitrogens is 6. The van der Waals surface area contributed by atoms with Crippen LogP contribution in [0.1, 0.15) is 27.7 Å². The molecule has 0 N–H and O–H groups in total. The molecule has 0 saturated carbocycles. The molecule has 0 bridgehead atoms. The molecule has 100 heavy (non-hydrogen) atoms. The Morgan fingerprint density at radius 1 is 0.270 bits per heavy atom. The molecule has 0 amide bonds. The molecule has 14 aromatic carbocycles. The lowest BCUT2D eigenvalue weighted by atomic mass is 9.78. The molecular formula is C88H62BClN6O4. The van der Waals surface area contributed by atoms with Gasteiger partial charge in [-0.25, -0.2) is 19.9 Å². The Bertz CT molecular complexity index is 5960. The predicted molar refractivity (Wildman–Crippen MR) is 409 cm³/mol. The fourth-order valence-corrected chi connectivity index (χ4v) is 13.5. The monoisotopic (exact) mass is 1310 g/mol. The van der Waals surface area contributed by atoms with Gasteiger partial charge < -0.3 is 18.1 Å². The van der Waals surface area contributed by atoms with Gasteiger partial charge in [-0.3, -0.25) is 0 Å². The maximum Gasteiger partial charge on any atom is 0.494 e. The van der Waals surface area contributed by atoms with E-state index in [-0.39, 0.29) is 23.6 Å². The van der Waals surface area contributed by atoms with Crippen molar-refractivity contribution >= 4 is 111 Å². The largest absolute Gasteiger partial charge is 0.494 e. The van der Waals surface area contributed by atoms with Crippen LogP contribution in [-0.4, -0.2) is 48.2 Å². The molecule has 0 aliphatic carbocycles. The van der Waals surface area contributed by atoms with E-state index in [0.717, 1.165) is 115 Å². The molecule has 1 saturated heterocycles. The zero-order valence-electron chi connectivity index (χ0n) is 55.1. The van der Waals surface area contributed by atoms with E-state index in [1.165, 1.54) is 27.1 Å². The second-order valence-electron chi connectivity index (χ2n) is 26.1. The molecule has 0 radical (unpaired) electrons. The quantitative estimate of drug-likeness (QED) is 0.136. The van der Waals surface area contributed by atoms with Gasteiger partial charge in [0.25, 0.3) is 0 Å². The molecule has 5 heterocycles. The Morgan fingerprint density at radius 3 is 0.940 bits per heavy atom. The Balaban J connectivity index is 0.000000118. The van der Waals surface area contributed by atoms with Gasteiger partial charge in [-0.15, -0.1) is 0 Å². The third-order valence-electron chi connectivity index (χ3n) is 19.3. The number of halogens is 1. The Hall–Kier alpha value is -12.0. The van der Waals surface area contributed by atoms with Gasteiger partial charge in [-0.05, 0) is 159 Å². The van der Waals surface area contributed by atoms with E-state index in [9.17, 15) is 0 Å². The van der Waals surface area contributed by atoms with E-state index in [1.807, 2.05) is 84.9 Å². The molecule has 19 rings (SSSR count). The Morgan fingerprint density at radius 2 is 0.560 bits per heavy atom. The molecule has 0 unspecified atom stereocenters. The summed E-state index contributed by atoms with van der Waals surface area (Å²) in [5, 5.41) is 14.0. The van der Waals surface area contributed by atoms with Crippen LogP contribution in [-0.2, 0) is 9.31 Å². The van der Waals surface area contributed by atoms with Crippen LogP contribution in [0.5, 0.6) is 0 Å². The van der Waals surface area contributed by atoms with Crippen molar-refractivity contribution in [2.24, 2.45) is 0 Å². The number of hydrogen-bond acceptors (Lipinski definition) is 10. The van der Waals surface area contributed by atoms with E-state index in [1.54, 1.807) is 0 Å². The highest BCUT2D eigenvalue weighted by atomic mass is 35.5. The van der Waals surface area contributed by atoms with E-state index in [0.29, 0.717) is 29.1 Å². The van der Waals surface area contributed by atoms with E-state index >= 15 is 0 Å². The van der Waals surface area contributed by atoms with Gasteiger partial charge in [0, 0.05) is 49.4 Å². The maximum absolute atomic E-state index is 6.22.